The summed E-state index contributed by atoms with van der Waals surface area (Å²) in [5, 5.41) is 12.8. The highest BCUT2D eigenvalue weighted by Crippen LogP contribution is 2.12. The summed E-state index contributed by atoms with van der Waals surface area (Å²) >= 11 is 1.73. The predicted octanol–water partition coefficient (Wildman–Crippen LogP) is 0.573. The number of aromatic amines is 1. The summed E-state index contributed by atoms with van der Waals surface area (Å²) in [4.78, 5) is 11.7. The number of aryl methyl sites for hydroxylation is 1. The second-order valence-electron chi connectivity index (χ2n) is 3.39. The van der Waals surface area contributed by atoms with Gasteiger partial charge in [0.15, 0.2) is 5.82 Å². The molecular formula is C9H14N4OS. The van der Waals surface area contributed by atoms with E-state index in [4.69, 9.17) is 0 Å². The zero-order chi connectivity index (χ0) is 10.7. The maximum absolute atomic E-state index is 11.7. The zero-order valence-corrected chi connectivity index (χ0v) is 9.36. The molecule has 0 saturated carbocycles. The molecule has 6 heteroatoms. The maximum Gasteiger partial charge on any atom is 0.243 e. The van der Waals surface area contributed by atoms with Crippen molar-refractivity contribution in [2.75, 3.05) is 16.9 Å². The first-order valence-corrected chi connectivity index (χ1v) is 6.11. The molecule has 1 aliphatic heterocycles. The lowest BCUT2D eigenvalue weighted by Crippen LogP contribution is -2.37. The number of nitrogens with zero attached hydrogens (tertiary/aromatic N) is 1. The van der Waals surface area contributed by atoms with Crippen molar-refractivity contribution in [2.45, 2.75) is 19.4 Å². The monoisotopic (exact) mass is 226 g/mol. The molecule has 1 fully saturated rings. The van der Waals surface area contributed by atoms with Crippen molar-refractivity contribution in [3.8, 4) is 0 Å². The molecule has 1 saturated heterocycles. The topological polar surface area (TPSA) is 69.8 Å². The second-order valence-corrected chi connectivity index (χ2v) is 4.42. The number of H-pyrrole nitrogens is 1. The minimum Gasteiger partial charge on any atom is -0.308 e. The highest BCUT2D eigenvalue weighted by atomic mass is 32.2. The molecule has 2 rings (SSSR count). The van der Waals surface area contributed by atoms with Crippen LogP contribution in [0.3, 0.4) is 0 Å². The van der Waals surface area contributed by atoms with Crippen LogP contribution in [0.4, 0.5) is 5.82 Å². The van der Waals surface area contributed by atoms with E-state index in [0.717, 1.165) is 23.7 Å². The van der Waals surface area contributed by atoms with Crippen molar-refractivity contribution >= 4 is 23.5 Å². The third-order valence-corrected chi connectivity index (χ3v) is 3.24. The Morgan fingerprint density at radius 1 is 1.80 bits per heavy atom. The predicted molar refractivity (Wildman–Crippen MR) is 60.8 cm³/mol. The fourth-order valence-electron chi connectivity index (χ4n) is 1.38. The van der Waals surface area contributed by atoms with E-state index in [2.05, 4.69) is 20.8 Å². The molecule has 1 aromatic heterocycles. The van der Waals surface area contributed by atoms with Crippen LogP contribution >= 0.6 is 11.8 Å². The Kier molecular flexibility index (Phi) is 3.27. The zero-order valence-electron chi connectivity index (χ0n) is 8.54. The first kappa shape index (κ1) is 10.5. The lowest BCUT2D eigenvalue weighted by molar-refractivity contribution is -0.117. The van der Waals surface area contributed by atoms with Gasteiger partial charge in [-0.05, 0) is 6.42 Å². The number of amides is 1. The molecule has 1 aromatic rings. The van der Waals surface area contributed by atoms with Gasteiger partial charge in [0.2, 0.25) is 5.91 Å². The van der Waals surface area contributed by atoms with Crippen LogP contribution < -0.4 is 10.6 Å². The van der Waals surface area contributed by atoms with Crippen molar-refractivity contribution in [2.24, 2.45) is 0 Å². The molecule has 5 nitrogen and oxygen atoms in total. The Morgan fingerprint density at radius 2 is 2.67 bits per heavy atom. The quantitative estimate of drug-likeness (QED) is 0.705. The third-order valence-electron chi connectivity index (χ3n) is 2.30. The fourth-order valence-corrected chi connectivity index (χ4v) is 2.33. The van der Waals surface area contributed by atoms with E-state index < -0.39 is 0 Å². The molecule has 2 heterocycles. The lowest BCUT2D eigenvalue weighted by Gasteiger charge is -2.07. The van der Waals surface area contributed by atoms with E-state index in [-0.39, 0.29) is 11.9 Å². The van der Waals surface area contributed by atoms with Gasteiger partial charge >= 0.3 is 0 Å². The van der Waals surface area contributed by atoms with Gasteiger partial charge in [-0.1, -0.05) is 6.92 Å². The van der Waals surface area contributed by atoms with Crippen LogP contribution in [-0.4, -0.2) is 33.8 Å². The first-order chi connectivity index (χ1) is 7.29. The minimum atomic E-state index is -0.0863. The van der Waals surface area contributed by atoms with Crippen molar-refractivity contribution < 1.29 is 4.79 Å². The third kappa shape index (κ3) is 2.51. The van der Waals surface area contributed by atoms with E-state index in [0.29, 0.717) is 5.82 Å². The van der Waals surface area contributed by atoms with Gasteiger partial charge in [-0.3, -0.25) is 15.2 Å². The van der Waals surface area contributed by atoms with E-state index in [9.17, 15) is 4.79 Å². The van der Waals surface area contributed by atoms with Crippen LogP contribution in [0.1, 0.15) is 12.6 Å². The number of nitrogens with one attached hydrogen (secondary N) is 3. The average Bonchev–Trinajstić information content (AvgIpc) is 2.87. The molecule has 0 aliphatic carbocycles. The highest BCUT2D eigenvalue weighted by molar-refractivity contribution is 7.99. The molecule has 0 aromatic carbocycles. The Labute approximate surface area is 92.4 Å². The maximum atomic E-state index is 11.7. The lowest BCUT2D eigenvalue weighted by atomic mass is 10.3. The summed E-state index contributed by atoms with van der Waals surface area (Å²) in [5.41, 5.74) is 1.03. The smallest absolute Gasteiger partial charge is 0.243 e. The number of anilines is 1. The summed E-state index contributed by atoms with van der Waals surface area (Å²) in [7, 11) is 0. The summed E-state index contributed by atoms with van der Waals surface area (Å²) in [5.74, 6) is 2.28. The van der Waals surface area contributed by atoms with Gasteiger partial charge in [0.05, 0.1) is 6.04 Å². The Hall–Kier alpha value is -1.01. The van der Waals surface area contributed by atoms with Gasteiger partial charge in [0, 0.05) is 23.4 Å². The van der Waals surface area contributed by atoms with Crippen molar-refractivity contribution in [3.63, 3.8) is 0 Å². The van der Waals surface area contributed by atoms with Crippen LogP contribution in [0, 0.1) is 0 Å². The van der Waals surface area contributed by atoms with Crippen LogP contribution in [0.2, 0.25) is 0 Å². The summed E-state index contributed by atoms with van der Waals surface area (Å²) in [6.45, 7) is 2.04. The molecule has 0 bridgehead atoms. The van der Waals surface area contributed by atoms with Gasteiger partial charge in [-0.15, -0.1) is 11.8 Å². The van der Waals surface area contributed by atoms with Crippen LogP contribution in [0.5, 0.6) is 0 Å². The molecule has 0 radical (unpaired) electrons. The van der Waals surface area contributed by atoms with Crippen LogP contribution in [0.15, 0.2) is 6.07 Å². The summed E-state index contributed by atoms with van der Waals surface area (Å²) in [6.07, 6.45) is 0.889. The van der Waals surface area contributed by atoms with Gasteiger partial charge in [0.25, 0.3) is 0 Å². The van der Waals surface area contributed by atoms with Crippen LogP contribution in [-0.2, 0) is 11.2 Å². The van der Waals surface area contributed by atoms with Gasteiger partial charge in [-0.2, -0.15) is 5.10 Å². The highest BCUT2D eigenvalue weighted by Gasteiger charge is 2.22. The molecule has 1 aliphatic rings. The number of carbonyl (C=O) groups is 1. The van der Waals surface area contributed by atoms with Gasteiger partial charge in [-0.25, -0.2) is 0 Å². The second kappa shape index (κ2) is 4.67. The van der Waals surface area contributed by atoms with E-state index in [1.165, 1.54) is 0 Å². The number of hydrogen-bond donors (Lipinski definition) is 3. The fraction of sp³-hybridized carbons (Fsp3) is 0.556. The van der Waals surface area contributed by atoms with Gasteiger partial charge in [0.1, 0.15) is 0 Å². The minimum absolute atomic E-state index is 0.00541. The first-order valence-electron chi connectivity index (χ1n) is 4.96. The van der Waals surface area contributed by atoms with Crippen LogP contribution in [0.25, 0.3) is 0 Å². The largest absolute Gasteiger partial charge is 0.308 e. The van der Waals surface area contributed by atoms with E-state index in [1.54, 1.807) is 11.8 Å². The normalized spacial score (nSPS) is 20.5. The Bertz CT molecular complexity index is 346. The molecule has 0 spiro atoms. The SMILES string of the molecule is CCc1cc(NC(=O)C2CSCN2)n[nH]1. The van der Waals surface area contributed by atoms with Crippen molar-refractivity contribution in [1.29, 1.82) is 0 Å². The Morgan fingerprint density at radius 3 is 3.27 bits per heavy atom. The number of thioether (sulfide) groups is 1. The van der Waals surface area contributed by atoms with Crippen molar-refractivity contribution in [1.82, 2.24) is 15.5 Å². The summed E-state index contributed by atoms with van der Waals surface area (Å²) in [6, 6.07) is 1.77. The van der Waals surface area contributed by atoms with E-state index >= 15 is 0 Å². The molecule has 1 atom stereocenters. The molecule has 1 unspecified atom stereocenters. The van der Waals surface area contributed by atoms with E-state index in [1.807, 2.05) is 13.0 Å². The molecule has 82 valence electrons. The number of carbonyl (C=O) groups excluding carboxylic acids is 1. The number of hydrogen-bond acceptors (Lipinski definition) is 4. The molecule has 3 N–H and O–H groups in total. The van der Waals surface area contributed by atoms with Gasteiger partial charge < -0.3 is 5.32 Å². The number of aromatic nitrogens is 2. The molecule has 15 heavy (non-hydrogen) atoms. The molecular weight excluding hydrogens is 212 g/mol. The van der Waals surface area contributed by atoms with Crippen molar-refractivity contribution in [3.05, 3.63) is 11.8 Å². The summed E-state index contributed by atoms with van der Waals surface area (Å²) < 4.78 is 0. The molecule has 1 amide bonds. The average molecular weight is 226 g/mol. The Balaban J connectivity index is 1.92. The number of rotatable bonds is 3. The standard InChI is InChI=1S/C9H14N4OS/c1-2-6-3-8(13-12-6)11-9(14)7-4-15-5-10-7/h3,7,10H,2,4-5H2,1H3,(H2,11,12,13,14).